The molecule has 5 amide bonds. The Morgan fingerprint density at radius 1 is 0.816 bits per heavy atom. The van der Waals surface area contributed by atoms with E-state index in [2.05, 4.69) is 21.3 Å². The van der Waals surface area contributed by atoms with E-state index in [9.17, 15) is 34.2 Å². The minimum atomic E-state index is -2.13. The number of primary amides is 1. The average Bonchev–Trinajstić information content (AvgIpc) is 3.03. The lowest BCUT2D eigenvalue weighted by atomic mass is 9.96. The molecule has 49 heavy (non-hydrogen) atoms. The van der Waals surface area contributed by atoms with E-state index in [1.54, 1.807) is 19.9 Å². The Morgan fingerprint density at radius 2 is 1.47 bits per heavy atom. The summed E-state index contributed by atoms with van der Waals surface area (Å²) in [6.45, 7) is 8.58. The summed E-state index contributed by atoms with van der Waals surface area (Å²) in [6, 6.07) is 10.5. The maximum atomic E-state index is 13.5. The molecule has 0 heterocycles. The van der Waals surface area contributed by atoms with E-state index >= 15 is 0 Å². The predicted octanol–water partition coefficient (Wildman–Crippen LogP) is 2.26. The Hall–Kier alpha value is -3.91. The number of nitrogens with one attached hydrogen (secondary N) is 4. The van der Waals surface area contributed by atoms with Gasteiger partial charge in [0.05, 0.1) is 16.1 Å². The van der Waals surface area contributed by atoms with Crippen LogP contribution in [0, 0.1) is 11.8 Å². The van der Waals surface area contributed by atoms with Gasteiger partial charge < -0.3 is 42.0 Å². The quantitative estimate of drug-likeness (QED) is 0.121. The van der Waals surface area contributed by atoms with Crippen LogP contribution in [0.25, 0.3) is 0 Å². The second-order valence-electron chi connectivity index (χ2n) is 12.6. The van der Waals surface area contributed by atoms with Crippen LogP contribution in [0.5, 0.6) is 0 Å². The van der Waals surface area contributed by atoms with Gasteiger partial charge in [0.25, 0.3) is 11.8 Å². The molecule has 0 aliphatic heterocycles. The lowest BCUT2D eigenvalue weighted by molar-refractivity contribution is -0.142. The van der Waals surface area contributed by atoms with E-state index < -0.39 is 72.1 Å². The van der Waals surface area contributed by atoms with Crippen molar-refractivity contribution in [3.05, 3.63) is 69.7 Å². The first-order valence-corrected chi connectivity index (χ1v) is 16.7. The number of carbonyl (C=O) groups is 5. The highest BCUT2D eigenvalue weighted by atomic mass is 35.5. The van der Waals surface area contributed by atoms with E-state index in [4.69, 9.17) is 33.7 Å². The van der Waals surface area contributed by atoms with Crippen molar-refractivity contribution in [3.8, 4) is 0 Å². The number of amides is 5. The normalized spacial score (nSPS) is 14.9. The molecule has 2 aromatic rings. The maximum Gasteiger partial charge on any atom is 0.407 e. The lowest BCUT2D eigenvalue weighted by Gasteiger charge is -2.30. The molecule has 2 rings (SSSR count). The minimum absolute atomic E-state index is 0.0389. The molecule has 6 unspecified atom stereocenters. The van der Waals surface area contributed by atoms with Gasteiger partial charge in [-0.3, -0.25) is 19.2 Å². The van der Waals surface area contributed by atoms with Crippen LogP contribution in [0.3, 0.4) is 0 Å². The van der Waals surface area contributed by atoms with Crippen molar-refractivity contribution in [1.82, 2.24) is 21.3 Å². The zero-order valence-electron chi connectivity index (χ0n) is 28.2. The van der Waals surface area contributed by atoms with E-state index in [-0.39, 0.29) is 35.3 Å². The molecule has 0 aliphatic carbocycles. The Labute approximate surface area is 296 Å². The number of alkyl carbamates (subject to hydrolysis) is 1. The molecule has 2 aromatic carbocycles. The third-order valence-corrected chi connectivity index (χ3v) is 8.25. The number of benzene rings is 2. The highest BCUT2D eigenvalue weighted by Crippen LogP contribution is 2.24. The molecule has 6 atom stereocenters. The Balaban J connectivity index is 2.18. The number of carbonyl (C=O) groups excluding carboxylic acids is 5. The van der Waals surface area contributed by atoms with Crippen LogP contribution >= 0.6 is 23.2 Å². The van der Waals surface area contributed by atoms with Gasteiger partial charge in [0.2, 0.25) is 11.8 Å². The van der Waals surface area contributed by atoms with E-state index in [1.807, 2.05) is 44.2 Å². The van der Waals surface area contributed by atoms with Crippen molar-refractivity contribution in [1.29, 1.82) is 0 Å². The zero-order valence-corrected chi connectivity index (χ0v) is 29.8. The summed E-state index contributed by atoms with van der Waals surface area (Å²) >= 11 is 12.2. The predicted molar refractivity (Wildman–Crippen MR) is 186 cm³/mol. The van der Waals surface area contributed by atoms with Crippen LogP contribution in [-0.2, 0) is 36.8 Å². The van der Waals surface area contributed by atoms with Crippen molar-refractivity contribution in [3.63, 3.8) is 0 Å². The van der Waals surface area contributed by atoms with Crippen LogP contribution in [0.15, 0.2) is 48.5 Å². The van der Waals surface area contributed by atoms with E-state index in [1.165, 1.54) is 19.1 Å². The molecule has 0 fully saturated rings. The molecule has 15 heteroatoms. The highest BCUT2D eigenvalue weighted by molar-refractivity contribution is 6.42. The first-order chi connectivity index (χ1) is 23.0. The SMILES string of the molecule is CC(C)CC(NC(=O)C(C)NC(=O)C(O)C(O)C(Cc1ccc(Cl)c(Cl)c1)NC(=O)C(OC(=O)NCCc1ccccc1)C(C)C)C(N)=O. The molecule has 0 bridgehead atoms. The average molecular weight is 725 g/mol. The number of ether oxygens (including phenoxy) is 1. The fraction of sp³-hybridized carbons (Fsp3) is 0.500. The molecule has 0 saturated carbocycles. The molecule has 0 saturated heterocycles. The summed E-state index contributed by atoms with van der Waals surface area (Å²) in [5, 5.41) is 32.5. The molecule has 8 N–H and O–H groups in total. The van der Waals surface area contributed by atoms with Gasteiger partial charge in [-0.05, 0) is 61.3 Å². The van der Waals surface area contributed by atoms with E-state index in [0.29, 0.717) is 12.0 Å². The van der Waals surface area contributed by atoms with Crippen molar-refractivity contribution in [2.24, 2.45) is 17.6 Å². The summed E-state index contributed by atoms with van der Waals surface area (Å²) in [4.78, 5) is 63.6. The molecular formula is C34H47Cl2N5O8. The molecule has 13 nitrogen and oxygen atoms in total. The second kappa shape index (κ2) is 19.9. The second-order valence-corrected chi connectivity index (χ2v) is 13.4. The number of nitrogens with two attached hydrogens (primary N) is 1. The monoisotopic (exact) mass is 723 g/mol. The number of aliphatic hydroxyl groups is 2. The van der Waals surface area contributed by atoms with Crippen LogP contribution in [-0.4, -0.2) is 82.9 Å². The van der Waals surface area contributed by atoms with Gasteiger partial charge in [0.1, 0.15) is 18.2 Å². The highest BCUT2D eigenvalue weighted by Gasteiger charge is 2.37. The number of halogens is 2. The number of rotatable bonds is 18. The van der Waals surface area contributed by atoms with Gasteiger partial charge >= 0.3 is 6.09 Å². The van der Waals surface area contributed by atoms with Gasteiger partial charge in [0, 0.05) is 6.54 Å². The zero-order chi connectivity index (χ0) is 36.8. The molecule has 0 aliphatic rings. The Bertz CT molecular complexity index is 1430. The summed E-state index contributed by atoms with van der Waals surface area (Å²) in [7, 11) is 0. The molecule has 270 valence electrons. The van der Waals surface area contributed by atoms with Gasteiger partial charge in [-0.2, -0.15) is 0 Å². The summed E-state index contributed by atoms with van der Waals surface area (Å²) < 4.78 is 5.44. The van der Waals surface area contributed by atoms with Crippen molar-refractivity contribution >= 4 is 52.9 Å². The molecule has 0 spiro atoms. The molecule has 0 radical (unpaired) electrons. The number of hydrogen-bond donors (Lipinski definition) is 7. The van der Waals surface area contributed by atoms with Crippen LogP contribution in [0.1, 0.15) is 52.2 Å². The smallest absolute Gasteiger partial charge is 0.407 e. The third-order valence-electron chi connectivity index (χ3n) is 7.51. The van der Waals surface area contributed by atoms with Crippen molar-refractivity contribution < 1.29 is 38.9 Å². The standard InChI is InChI=1S/C34H47Cl2N5O8/c1-18(2)15-26(30(37)44)41-31(45)20(5)39-32(46)28(43)27(42)25(17-22-11-12-23(35)24(36)16-22)40-33(47)29(19(3)4)49-34(48)38-14-13-21-9-7-6-8-10-21/h6-12,16,18-20,25-29,42-43H,13-15,17H2,1-5H3,(H2,37,44)(H,38,48)(H,39,46)(H,40,47)(H,41,45). The van der Waals surface area contributed by atoms with Gasteiger partial charge in [0.15, 0.2) is 12.2 Å². The van der Waals surface area contributed by atoms with Gasteiger partial charge in [-0.25, -0.2) is 4.79 Å². The molecule has 0 aromatic heterocycles. The van der Waals surface area contributed by atoms with Crippen molar-refractivity contribution in [2.45, 2.75) is 90.3 Å². The minimum Gasteiger partial charge on any atom is -0.436 e. The summed E-state index contributed by atoms with van der Waals surface area (Å²) in [5.41, 5.74) is 6.88. The van der Waals surface area contributed by atoms with Gasteiger partial charge in [-0.15, -0.1) is 0 Å². The van der Waals surface area contributed by atoms with Gasteiger partial charge in [-0.1, -0.05) is 87.3 Å². The number of aliphatic hydroxyl groups excluding tert-OH is 2. The first kappa shape index (κ1) is 41.3. The van der Waals surface area contributed by atoms with Crippen LogP contribution < -0.4 is 27.0 Å². The fourth-order valence-corrected chi connectivity index (χ4v) is 5.12. The topological polar surface area (TPSA) is 209 Å². The van der Waals surface area contributed by atoms with Crippen LogP contribution in [0.4, 0.5) is 4.79 Å². The number of hydrogen-bond acceptors (Lipinski definition) is 8. The maximum absolute atomic E-state index is 13.5. The van der Waals surface area contributed by atoms with E-state index in [0.717, 1.165) is 5.56 Å². The summed E-state index contributed by atoms with van der Waals surface area (Å²) in [6.07, 6.45) is -5.50. The molecular weight excluding hydrogens is 677 g/mol. The third kappa shape index (κ3) is 13.9. The Morgan fingerprint density at radius 3 is 2.04 bits per heavy atom. The van der Waals surface area contributed by atoms with Crippen molar-refractivity contribution in [2.75, 3.05) is 6.54 Å². The fourth-order valence-electron chi connectivity index (χ4n) is 4.80. The largest absolute Gasteiger partial charge is 0.436 e. The Kier molecular flexibility index (Phi) is 16.8. The lowest BCUT2D eigenvalue weighted by Crippen LogP contribution is -2.58. The van der Waals surface area contributed by atoms with Crippen LogP contribution in [0.2, 0.25) is 10.0 Å². The summed E-state index contributed by atoms with van der Waals surface area (Å²) in [5.74, 6) is -3.87. The first-order valence-electron chi connectivity index (χ1n) is 16.0.